The Morgan fingerprint density at radius 2 is 0.838 bits per heavy atom. The Kier molecular flexibility index (Phi) is 28.7. The highest BCUT2D eigenvalue weighted by atomic mass is 16.5. The van der Waals surface area contributed by atoms with Crippen LogP contribution in [0.1, 0.15) is 181 Å². The van der Waals surface area contributed by atoms with E-state index in [9.17, 15) is 9.59 Å². The molecule has 0 rings (SSSR count). The maximum Gasteiger partial charge on any atom is 0.305 e. The normalized spacial score (nSPS) is 12.0. The molecule has 0 bridgehead atoms. The minimum atomic E-state index is -0.00616. The number of esters is 2. The summed E-state index contributed by atoms with van der Waals surface area (Å²) in [6.07, 6.45) is 29.3. The first-order valence-corrected chi connectivity index (χ1v) is 16.4. The molecular formula is C33H64O4. The van der Waals surface area contributed by atoms with E-state index in [4.69, 9.17) is 9.47 Å². The van der Waals surface area contributed by atoms with E-state index in [1.54, 1.807) is 0 Å². The van der Waals surface area contributed by atoms with Gasteiger partial charge in [-0.25, -0.2) is 0 Å². The molecule has 0 amide bonds. The summed E-state index contributed by atoms with van der Waals surface area (Å²) < 4.78 is 10.7. The first-order chi connectivity index (χ1) is 18.1. The van der Waals surface area contributed by atoms with Crippen LogP contribution < -0.4 is 0 Å². The van der Waals surface area contributed by atoms with Crippen LogP contribution in [0.15, 0.2) is 0 Å². The van der Waals surface area contributed by atoms with Gasteiger partial charge in [0.05, 0.1) is 13.2 Å². The first-order valence-electron chi connectivity index (χ1n) is 16.4. The predicted molar refractivity (Wildman–Crippen MR) is 158 cm³/mol. The van der Waals surface area contributed by atoms with Crippen molar-refractivity contribution in [2.24, 2.45) is 5.92 Å². The van der Waals surface area contributed by atoms with Gasteiger partial charge in [-0.1, -0.05) is 143 Å². The Hall–Kier alpha value is -1.06. The van der Waals surface area contributed by atoms with Crippen molar-refractivity contribution in [2.45, 2.75) is 181 Å². The number of carbonyl (C=O) groups excluding carboxylic acids is 2. The summed E-state index contributed by atoms with van der Waals surface area (Å²) in [5, 5.41) is 0. The van der Waals surface area contributed by atoms with E-state index in [1.807, 2.05) is 0 Å². The molecule has 0 spiro atoms. The number of hydrogen-bond donors (Lipinski definition) is 0. The summed E-state index contributed by atoms with van der Waals surface area (Å²) in [4.78, 5) is 23.6. The Labute approximate surface area is 231 Å². The third kappa shape index (κ3) is 29.4. The number of rotatable bonds is 29. The molecule has 220 valence electrons. The molecule has 0 N–H and O–H groups in total. The SMILES string of the molecule is CCCCCCCOC(=O)CCCCCCCCCCCCCC(C)CCC(=O)OCCCCCCC. The summed E-state index contributed by atoms with van der Waals surface area (Å²) in [6.45, 7) is 7.92. The van der Waals surface area contributed by atoms with Crippen LogP contribution >= 0.6 is 0 Å². The van der Waals surface area contributed by atoms with Gasteiger partial charge in [0, 0.05) is 12.8 Å². The molecule has 0 fully saturated rings. The van der Waals surface area contributed by atoms with Gasteiger partial charge in [0.2, 0.25) is 0 Å². The van der Waals surface area contributed by atoms with E-state index in [1.165, 1.54) is 116 Å². The number of unbranched alkanes of at least 4 members (excludes halogenated alkanes) is 18. The zero-order valence-electron chi connectivity index (χ0n) is 25.3. The summed E-state index contributed by atoms with van der Waals surface area (Å²) in [6, 6.07) is 0. The van der Waals surface area contributed by atoms with Gasteiger partial charge < -0.3 is 9.47 Å². The van der Waals surface area contributed by atoms with Crippen LogP contribution in [0.5, 0.6) is 0 Å². The van der Waals surface area contributed by atoms with Crippen LogP contribution in [-0.4, -0.2) is 25.2 Å². The second kappa shape index (κ2) is 29.5. The lowest BCUT2D eigenvalue weighted by Gasteiger charge is -2.11. The second-order valence-electron chi connectivity index (χ2n) is 11.3. The lowest BCUT2D eigenvalue weighted by molar-refractivity contribution is -0.144. The van der Waals surface area contributed by atoms with Gasteiger partial charge in [0.25, 0.3) is 0 Å². The van der Waals surface area contributed by atoms with E-state index in [0.717, 1.165) is 32.1 Å². The molecule has 1 unspecified atom stereocenters. The van der Waals surface area contributed by atoms with Crippen LogP contribution in [0.2, 0.25) is 0 Å². The van der Waals surface area contributed by atoms with Gasteiger partial charge in [-0.05, 0) is 31.6 Å². The van der Waals surface area contributed by atoms with Crippen molar-refractivity contribution in [1.29, 1.82) is 0 Å². The minimum absolute atomic E-state index is 0.00381. The number of ether oxygens (including phenoxy) is 2. The average Bonchev–Trinajstić information content (AvgIpc) is 2.89. The fourth-order valence-corrected chi connectivity index (χ4v) is 4.79. The average molecular weight is 525 g/mol. The third-order valence-electron chi connectivity index (χ3n) is 7.44. The minimum Gasteiger partial charge on any atom is -0.466 e. The monoisotopic (exact) mass is 524 g/mol. The van der Waals surface area contributed by atoms with E-state index in [0.29, 0.717) is 32.0 Å². The zero-order chi connectivity index (χ0) is 27.2. The Morgan fingerprint density at radius 3 is 1.32 bits per heavy atom. The van der Waals surface area contributed by atoms with Crippen LogP contribution in [0.3, 0.4) is 0 Å². The molecule has 0 heterocycles. The Bertz CT molecular complexity index is 491. The molecule has 37 heavy (non-hydrogen) atoms. The van der Waals surface area contributed by atoms with Crippen molar-refractivity contribution in [3.05, 3.63) is 0 Å². The van der Waals surface area contributed by atoms with Crippen LogP contribution in [-0.2, 0) is 19.1 Å². The van der Waals surface area contributed by atoms with Crippen molar-refractivity contribution in [3.8, 4) is 0 Å². The largest absolute Gasteiger partial charge is 0.466 e. The van der Waals surface area contributed by atoms with Gasteiger partial charge in [0.1, 0.15) is 0 Å². The highest BCUT2D eigenvalue weighted by Gasteiger charge is 2.08. The lowest BCUT2D eigenvalue weighted by Crippen LogP contribution is -2.08. The molecule has 4 heteroatoms. The topological polar surface area (TPSA) is 52.6 Å². The predicted octanol–water partition coefficient (Wildman–Crippen LogP) is 10.5. The smallest absolute Gasteiger partial charge is 0.305 e. The molecule has 0 aromatic carbocycles. The van der Waals surface area contributed by atoms with Crippen molar-refractivity contribution >= 4 is 11.9 Å². The number of hydrogen-bond acceptors (Lipinski definition) is 4. The molecule has 0 radical (unpaired) electrons. The molecule has 4 nitrogen and oxygen atoms in total. The molecule has 0 aromatic heterocycles. The maximum absolute atomic E-state index is 11.9. The summed E-state index contributed by atoms with van der Waals surface area (Å²) in [7, 11) is 0. The van der Waals surface area contributed by atoms with Crippen molar-refractivity contribution in [1.82, 2.24) is 0 Å². The van der Waals surface area contributed by atoms with Gasteiger partial charge in [-0.2, -0.15) is 0 Å². The van der Waals surface area contributed by atoms with Crippen molar-refractivity contribution in [3.63, 3.8) is 0 Å². The van der Waals surface area contributed by atoms with Gasteiger partial charge >= 0.3 is 11.9 Å². The van der Waals surface area contributed by atoms with E-state index < -0.39 is 0 Å². The van der Waals surface area contributed by atoms with Crippen molar-refractivity contribution < 1.29 is 19.1 Å². The highest BCUT2D eigenvalue weighted by molar-refractivity contribution is 5.69. The molecule has 0 aliphatic carbocycles. The van der Waals surface area contributed by atoms with E-state index >= 15 is 0 Å². The third-order valence-corrected chi connectivity index (χ3v) is 7.44. The Balaban J connectivity index is 3.30. The molecule has 0 aromatic rings. The van der Waals surface area contributed by atoms with Gasteiger partial charge in [0.15, 0.2) is 0 Å². The highest BCUT2D eigenvalue weighted by Crippen LogP contribution is 2.17. The molecule has 0 saturated heterocycles. The molecule has 1 atom stereocenters. The van der Waals surface area contributed by atoms with E-state index in [-0.39, 0.29) is 11.9 Å². The molecule has 0 saturated carbocycles. The fourth-order valence-electron chi connectivity index (χ4n) is 4.79. The molecule has 0 aliphatic rings. The van der Waals surface area contributed by atoms with Crippen LogP contribution in [0.4, 0.5) is 0 Å². The van der Waals surface area contributed by atoms with Crippen LogP contribution in [0, 0.1) is 5.92 Å². The summed E-state index contributed by atoms with van der Waals surface area (Å²) in [5.41, 5.74) is 0. The Morgan fingerprint density at radius 1 is 0.459 bits per heavy atom. The van der Waals surface area contributed by atoms with E-state index in [2.05, 4.69) is 20.8 Å². The molecule has 0 aliphatic heterocycles. The zero-order valence-corrected chi connectivity index (χ0v) is 25.3. The standard InChI is InChI=1S/C33H64O4/c1-4-6-8-19-23-29-36-32(34)26-22-18-16-14-12-10-11-13-15-17-21-25-31(3)27-28-33(35)37-30-24-20-9-7-5-2/h31H,4-30H2,1-3H3. The second-order valence-corrected chi connectivity index (χ2v) is 11.3. The van der Waals surface area contributed by atoms with Gasteiger partial charge in [-0.3, -0.25) is 9.59 Å². The maximum atomic E-state index is 11.9. The quantitative estimate of drug-likeness (QED) is 0.0721. The first kappa shape index (κ1) is 35.9. The van der Waals surface area contributed by atoms with Crippen LogP contribution in [0.25, 0.3) is 0 Å². The van der Waals surface area contributed by atoms with Crippen molar-refractivity contribution in [2.75, 3.05) is 13.2 Å². The summed E-state index contributed by atoms with van der Waals surface area (Å²) in [5.74, 6) is 0.610. The lowest BCUT2D eigenvalue weighted by atomic mass is 9.97. The van der Waals surface area contributed by atoms with Gasteiger partial charge in [-0.15, -0.1) is 0 Å². The number of carbonyl (C=O) groups is 2. The fraction of sp³-hybridized carbons (Fsp3) is 0.939. The molecular weight excluding hydrogens is 460 g/mol. The summed E-state index contributed by atoms with van der Waals surface area (Å²) >= 11 is 0.